The molecule has 10 rings (SSSR count). The van der Waals surface area contributed by atoms with Crippen molar-refractivity contribution in [1.29, 1.82) is 0 Å². The largest absolute Gasteiger partial charge is 0.438 e. The average Bonchev–Trinajstić information content (AvgIpc) is 3.82. The van der Waals surface area contributed by atoms with Crippen LogP contribution in [0.2, 0.25) is 0 Å². The number of carbonyl (C=O) groups is 1. The monoisotopic (exact) mass is 940 g/mol. The Morgan fingerprint density at radius 2 is 1.68 bits per heavy atom. The molecule has 3 aliphatic rings. The SMILES string of the molecule is C=P(CC)(CC)c1ccc(-n2ccn(-c3c4c(nn3-c3cc(C)c(F)c(C)c3)CCN(C(=O)c3cc5cc([C@H]6CCOC(C)(C)C6)ccc5n3[C@@]3(c5noc(=O)[nH]5)C[C@@H]3C)[C@H]4C)c2=O)cc1CC. The molecule has 2 aliphatic heterocycles. The lowest BCUT2D eigenvalue weighted by atomic mass is 9.83. The number of fused-ring (bicyclic) bond motifs is 2. The second-order valence-corrected chi connectivity index (χ2v) is 24.2. The van der Waals surface area contributed by atoms with E-state index in [0.29, 0.717) is 66.1 Å². The molecule has 68 heavy (non-hydrogen) atoms. The van der Waals surface area contributed by atoms with Crippen LogP contribution in [0.15, 0.2) is 81.1 Å². The van der Waals surface area contributed by atoms with Crippen molar-refractivity contribution >= 4 is 35.3 Å². The van der Waals surface area contributed by atoms with E-state index < -0.39 is 24.2 Å². The summed E-state index contributed by atoms with van der Waals surface area (Å²) in [4.78, 5) is 47.8. The normalized spacial score (nSPS) is 21.4. The van der Waals surface area contributed by atoms with E-state index in [1.54, 1.807) is 52.2 Å². The topological polar surface area (TPSA) is 138 Å². The number of aromatic nitrogens is 7. The molecule has 1 saturated heterocycles. The number of imidazole rings is 1. The van der Waals surface area contributed by atoms with Gasteiger partial charge in [-0.25, -0.2) is 18.7 Å². The van der Waals surface area contributed by atoms with Crippen molar-refractivity contribution in [2.45, 2.75) is 118 Å². The Morgan fingerprint density at radius 1 is 0.956 bits per heavy atom. The van der Waals surface area contributed by atoms with Crippen LogP contribution in [0.25, 0.3) is 28.1 Å². The second-order valence-electron chi connectivity index (χ2n) is 20.1. The third kappa shape index (κ3) is 7.23. The molecule has 6 heterocycles. The molecular formula is C53H62FN8O5P. The number of carbonyl (C=O) groups excluding carboxylic acids is 1. The van der Waals surface area contributed by atoms with Crippen LogP contribution in [0.3, 0.4) is 0 Å². The summed E-state index contributed by atoms with van der Waals surface area (Å²) < 4.78 is 33.5. The Kier molecular flexibility index (Phi) is 11.2. The van der Waals surface area contributed by atoms with Crippen molar-refractivity contribution in [2.75, 3.05) is 25.5 Å². The van der Waals surface area contributed by atoms with Gasteiger partial charge < -0.3 is 14.2 Å². The van der Waals surface area contributed by atoms with Gasteiger partial charge in [0.1, 0.15) is 22.9 Å². The van der Waals surface area contributed by atoms with Gasteiger partial charge in [0.15, 0.2) is 5.82 Å². The third-order valence-corrected chi connectivity index (χ3v) is 19.4. The number of hydrogen-bond acceptors (Lipinski definition) is 7. The Morgan fingerprint density at radius 3 is 2.32 bits per heavy atom. The highest BCUT2D eigenvalue weighted by atomic mass is 31.2. The summed E-state index contributed by atoms with van der Waals surface area (Å²) in [7, 11) is 0. The molecule has 7 aromatic rings. The predicted octanol–water partition coefficient (Wildman–Crippen LogP) is 9.09. The van der Waals surface area contributed by atoms with Crippen LogP contribution in [-0.4, -0.2) is 81.8 Å². The van der Waals surface area contributed by atoms with Crippen molar-refractivity contribution in [3.8, 4) is 17.2 Å². The van der Waals surface area contributed by atoms with Crippen molar-refractivity contribution in [1.82, 2.24) is 38.5 Å². The molecule has 356 valence electrons. The van der Waals surface area contributed by atoms with E-state index in [1.807, 2.05) is 24.0 Å². The molecule has 3 aromatic carbocycles. The first-order valence-corrected chi connectivity index (χ1v) is 26.5. The Balaban J connectivity index is 1.11. The van der Waals surface area contributed by atoms with E-state index in [4.69, 9.17) is 20.7 Å². The van der Waals surface area contributed by atoms with Gasteiger partial charge in [-0.1, -0.05) is 58.2 Å². The minimum atomic E-state index is -1.59. The number of hydrogen-bond donors (Lipinski definition) is 1. The maximum atomic E-state index is 15.6. The number of H-pyrrole nitrogens is 1. The molecular weight excluding hydrogens is 879 g/mol. The van der Waals surface area contributed by atoms with E-state index in [2.05, 4.69) is 86.6 Å². The van der Waals surface area contributed by atoms with Gasteiger partial charge >= 0.3 is 11.4 Å². The van der Waals surface area contributed by atoms with E-state index in [0.717, 1.165) is 59.4 Å². The molecule has 4 atom stereocenters. The van der Waals surface area contributed by atoms with Gasteiger partial charge in [-0.15, -0.1) is 0 Å². The maximum absolute atomic E-state index is 15.6. The number of nitrogens with one attached hydrogen (secondary N) is 1. The summed E-state index contributed by atoms with van der Waals surface area (Å²) in [5.41, 5.74) is 6.08. The van der Waals surface area contributed by atoms with Gasteiger partial charge in [-0.3, -0.25) is 23.4 Å². The first kappa shape index (κ1) is 45.8. The fourth-order valence-electron chi connectivity index (χ4n) is 11.5. The minimum absolute atomic E-state index is 0.0286. The van der Waals surface area contributed by atoms with E-state index >= 15 is 9.18 Å². The van der Waals surface area contributed by atoms with Crippen molar-refractivity contribution in [3.05, 3.63) is 139 Å². The molecule has 4 aromatic heterocycles. The van der Waals surface area contributed by atoms with Crippen LogP contribution in [0, 0.1) is 25.6 Å². The highest BCUT2D eigenvalue weighted by molar-refractivity contribution is 7.80. The zero-order valence-electron chi connectivity index (χ0n) is 40.7. The summed E-state index contributed by atoms with van der Waals surface area (Å²) in [5.74, 6) is 0.0360. The van der Waals surface area contributed by atoms with Crippen LogP contribution in [0.1, 0.15) is 130 Å². The molecule has 15 heteroatoms. The van der Waals surface area contributed by atoms with Crippen LogP contribution in [0.5, 0.6) is 0 Å². The predicted molar refractivity (Wildman–Crippen MR) is 267 cm³/mol. The molecule has 2 fully saturated rings. The fraction of sp³-hybridized carbons (Fsp3) is 0.434. The summed E-state index contributed by atoms with van der Waals surface area (Å²) >= 11 is 0. The van der Waals surface area contributed by atoms with Crippen LogP contribution >= 0.6 is 6.89 Å². The maximum Gasteiger partial charge on any atom is 0.438 e. The number of amides is 1. The first-order valence-electron chi connectivity index (χ1n) is 24.1. The summed E-state index contributed by atoms with van der Waals surface area (Å²) in [5, 5.41) is 11.6. The van der Waals surface area contributed by atoms with Gasteiger partial charge in [0.2, 0.25) is 0 Å². The quantitative estimate of drug-likeness (QED) is 0.128. The van der Waals surface area contributed by atoms with Gasteiger partial charge in [0, 0.05) is 48.4 Å². The molecule has 0 spiro atoms. The van der Waals surface area contributed by atoms with Crippen LogP contribution < -0.4 is 16.8 Å². The zero-order valence-corrected chi connectivity index (χ0v) is 41.5. The molecule has 13 nitrogen and oxygen atoms in total. The summed E-state index contributed by atoms with van der Waals surface area (Å²) in [6, 6.07) is 17.7. The van der Waals surface area contributed by atoms with E-state index in [9.17, 15) is 9.59 Å². The standard InChI is InChI=1S/C53H62FN8O5P/c1-11-35-27-39(15-17-44(35)68(10,12-2)13-3)59-21-22-60(51(59)65)47-45-34(7)58(20-18-41(45)56-62(47)40-24-31(4)46(54)32(5)25-40)48(63)43-28-38-26-36(37-19-23-66-52(8,9)30-37)14-16-42(38)61(43)53(29-33(53)6)49-55-50(64)67-57-49/h14-17,21-22,24-28,33-34,37H,10-13,18-20,23,29-30H2,1-9H3,(H,55,57,64)/t33-,34-,37-,53-/m0/s1. The van der Waals surface area contributed by atoms with Gasteiger partial charge in [-0.2, -0.15) is 5.10 Å². The van der Waals surface area contributed by atoms with Crippen molar-refractivity contribution in [2.24, 2.45) is 5.92 Å². The number of aryl methyl sites for hydroxylation is 3. The van der Waals surface area contributed by atoms with Gasteiger partial charge in [-0.05, 0) is 154 Å². The lowest BCUT2D eigenvalue weighted by molar-refractivity contribution is -0.0592. The molecule has 1 saturated carbocycles. The molecule has 1 N–H and O–H groups in total. The van der Waals surface area contributed by atoms with Crippen LogP contribution in [-0.2, 0) is 23.1 Å². The minimum Gasteiger partial charge on any atom is -0.376 e. The van der Waals surface area contributed by atoms with Crippen molar-refractivity contribution in [3.63, 3.8) is 0 Å². The van der Waals surface area contributed by atoms with E-state index in [1.165, 1.54) is 16.4 Å². The van der Waals surface area contributed by atoms with Crippen molar-refractivity contribution < 1.29 is 18.4 Å². The summed E-state index contributed by atoms with van der Waals surface area (Å²) in [6.07, 6.45) is 13.9. The number of rotatable bonds is 11. The number of benzene rings is 3. The molecule has 0 bridgehead atoms. The zero-order chi connectivity index (χ0) is 48.2. The number of halogens is 1. The van der Waals surface area contributed by atoms with E-state index in [-0.39, 0.29) is 28.9 Å². The lowest BCUT2D eigenvalue weighted by Gasteiger charge is -2.35. The lowest BCUT2D eigenvalue weighted by Crippen LogP contribution is -2.41. The Labute approximate surface area is 395 Å². The molecule has 1 amide bonds. The van der Waals surface area contributed by atoms with Gasteiger partial charge in [0.05, 0.1) is 28.7 Å². The smallest absolute Gasteiger partial charge is 0.376 e. The number of ether oxygens (including phenoxy) is 1. The second kappa shape index (κ2) is 16.6. The Hall–Kier alpha value is -5.98. The fourth-order valence-corrected chi connectivity index (χ4v) is 13.8. The Bertz CT molecular complexity index is 3300. The highest BCUT2D eigenvalue weighted by Crippen LogP contribution is 2.56. The highest BCUT2D eigenvalue weighted by Gasteiger charge is 2.59. The molecule has 0 unspecified atom stereocenters. The third-order valence-electron chi connectivity index (χ3n) is 15.6. The molecule has 0 radical (unpaired) electrons. The number of aromatic amines is 1. The van der Waals surface area contributed by atoms with Gasteiger partial charge in [0.25, 0.3) is 5.91 Å². The van der Waals surface area contributed by atoms with Crippen LogP contribution in [0.4, 0.5) is 4.39 Å². The summed E-state index contributed by atoms with van der Waals surface area (Å²) in [6.45, 7) is 17.8. The number of nitrogens with zero attached hydrogens (tertiary/aromatic N) is 7. The average molecular weight is 941 g/mol. The molecule has 1 aliphatic carbocycles. The first-order chi connectivity index (χ1) is 32.4.